The molecule has 1 aromatic rings. The molecule has 1 rings (SSSR count). The van der Waals surface area contributed by atoms with Crippen molar-refractivity contribution >= 4 is 53.3 Å². The Bertz CT molecular complexity index is 391. The maximum absolute atomic E-state index is 11.5. The predicted octanol–water partition coefficient (Wildman–Crippen LogP) is 2.84. The van der Waals surface area contributed by atoms with Gasteiger partial charge < -0.3 is 10.6 Å². The summed E-state index contributed by atoms with van der Waals surface area (Å²) >= 11 is 13.2. The lowest BCUT2D eigenvalue weighted by atomic mass is 10.4. The monoisotopic (exact) mass is 328 g/mol. The highest BCUT2D eigenvalue weighted by Crippen LogP contribution is 2.29. The summed E-state index contributed by atoms with van der Waals surface area (Å²) in [6, 6.07) is 5.21. The lowest BCUT2D eigenvalue weighted by Crippen LogP contribution is -2.31. The molecule has 0 aliphatic rings. The van der Waals surface area contributed by atoms with E-state index in [9.17, 15) is 4.79 Å². The van der Waals surface area contributed by atoms with Gasteiger partial charge in [-0.2, -0.15) is 0 Å². The number of nitrogens with one attached hydrogen (secondary N) is 2. The SMILES string of the molecule is CNCCNC(=O)CSc1cc(Cl)ccc1Cl.Cl. The van der Waals surface area contributed by atoms with Crippen molar-refractivity contribution in [2.75, 3.05) is 25.9 Å². The second-order valence-electron chi connectivity index (χ2n) is 3.32. The third-order valence-electron chi connectivity index (χ3n) is 1.95. The van der Waals surface area contributed by atoms with Crippen LogP contribution in [0.5, 0.6) is 0 Å². The summed E-state index contributed by atoms with van der Waals surface area (Å²) in [7, 11) is 1.84. The zero-order valence-corrected chi connectivity index (χ0v) is 13.0. The summed E-state index contributed by atoms with van der Waals surface area (Å²) in [6.45, 7) is 1.38. The number of carbonyl (C=O) groups excluding carboxylic acids is 1. The van der Waals surface area contributed by atoms with Gasteiger partial charge in [0, 0.05) is 23.0 Å². The molecule has 1 amide bonds. The number of amides is 1. The highest BCUT2D eigenvalue weighted by Gasteiger charge is 2.06. The molecule has 0 aromatic heterocycles. The summed E-state index contributed by atoms with van der Waals surface area (Å²) in [5.74, 6) is 0.324. The molecule has 0 heterocycles. The van der Waals surface area contributed by atoms with Crippen LogP contribution < -0.4 is 10.6 Å². The van der Waals surface area contributed by atoms with Gasteiger partial charge >= 0.3 is 0 Å². The first kappa shape index (κ1) is 17.9. The fourth-order valence-electron chi connectivity index (χ4n) is 1.11. The summed E-state index contributed by atoms with van der Waals surface area (Å²) in [6.07, 6.45) is 0. The van der Waals surface area contributed by atoms with Crippen LogP contribution in [0.2, 0.25) is 10.0 Å². The highest BCUT2D eigenvalue weighted by molar-refractivity contribution is 8.00. The van der Waals surface area contributed by atoms with Crippen LogP contribution >= 0.6 is 47.4 Å². The van der Waals surface area contributed by atoms with Crippen molar-refractivity contribution < 1.29 is 4.79 Å². The lowest BCUT2D eigenvalue weighted by molar-refractivity contribution is -0.118. The first-order valence-electron chi connectivity index (χ1n) is 5.12. The van der Waals surface area contributed by atoms with Crippen molar-refractivity contribution in [2.24, 2.45) is 0 Å². The normalized spacial score (nSPS) is 9.72. The van der Waals surface area contributed by atoms with E-state index < -0.39 is 0 Å². The Kier molecular flexibility index (Phi) is 9.68. The van der Waals surface area contributed by atoms with Crippen LogP contribution in [-0.4, -0.2) is 31.8 Å². The smallest absolute Gasteiger partial charge is 0.230 e. The molecule has 0 fully saturated rings. The van der Waals surface area contributed by atoms with Crippen molar-refractivity contribution in [1.29, 1.82) is 0 Å². The van der Waals surface area contributed by atoms with Gasteiger partial charge in [0.15, 0.2) is 0 Å². The van der Waals surface area contributed by atoms with Crippen LogP contribution in [-0.2, 0) is 4.79 Å². The zero-order valence-electron chi connectivity index (χ0n) is 9.83. The Hall–Kier alpha value is -0.130. The number of hydrogen-bond donors (Lipinski definition) is 2. The summed E-state index contributed by atoms with van der Waals surface area (Å²) in [5, 5.41) is 6.97. The molecule has 0 aliphatic carbocycles. The molecule has 7 heteroatoms. The molecular formula is C11H15Cl3N2OS. The largest absolute Gasteiger partial charge is 0.354 e. The van der Waals surface area contributed by atoms with Gasteiger partial charge in [-0.25, -0.2) is 0 Å². The average molecular weight is 330 g/mol. The van der Waals surface area contributed by atoms with E-state index in [1.165, 1.54) is 11.8 Å². The van der Waals surface area contributed by atoms with Gasteiger partial charge in [-0.3, -0.25) is 4.79 Å². The molecule has 0 bridgehead atoms. The minimum Gasteiger partial charge on any atom is -0.354 e. The lowest BCUT2D eigenvalue weighted by Gasteiger charge is -2.06. The van der Waals surface area contributed by atoms with Crippen molar-refractivity contribution in [1.82, 2.24) is 10.6 Å². The molecule has 0 radical (unpaired) electrons. The summed E-state index contributed by atoms with van der Waals surface area (Å²) in [4.78, 5) is 12.3. The molecule has 18 heavy (non-hydrogen) atoms. The number of likely N-dealkylation sites (N-methyl/N-ethyl adjacent to an activating group) is 1. The maximum Gasteiger partial charge on any atom is 0.230 e. The fourth-order valence-corrected chi connectivity index (χ4v) is 2.43. The van der Waals surface area contributed by atoms with Crippen LogP contribution in [0.15, 0.2) is 23.1 Å². The van der Waals surface area contributed by atoms with Gasteiger partial charge in [0.2, 0.25) is 5.91 Å². The summed E-state index contributed by atoms with van der Waals surface area (Å²) < 4.78 is 0. The van der Waals surface area contributed by atoms with E-state index in [0.717, 1.165) is 11.4 Å². The zero-order chi connectivity index (χ0) is 12.7. The van der Waals surface area contributed by atoms with E-state index in [1.807, 2.05) is 7.05 Å². The van der Waals surface area contributed by atoms with Gasteiger partial charge in [0.1, 0.15) is 0 Å². The molecule has 2 N–H and O–H groups in total. The Morgan fingerprint density at radius 3 is 2.72 bits per heavy atom. The molecule has 0 aliphatic heterocycles. The fraction of sp³-hybridized carbons (Fsp3) is 0.364. The number of hydrogen-bond acceptors (Lipinski definition) is 3. The van der Waals surface area contributed by atoms with E-state index in [1.54, 1.807) is 18.2 Å². The van der Waals surface area contributed by atoms with Crippen LogP contribution in [0.1, 0.15) is 0 Å². The second-order valence-corrected chi connectivity index (χ2v) is 5.18. The average Bonchev–Trinajstić information content (AvgIpc) is 2.31. The van der Waals surface area contributed by atoms with Gasteiger partial charge in [0.05, 0.1) is 10.8 Å². The highest BCUT2D eigenvalue weighted by atomic mass is 35.5. The van der Waals surface area contributed by atoms with Crippen LogP contribution in [0, 0.1) is 0 Å². The molecule has 0 spiro atoms. The van der Waals surface area contributed by atoms with Crippen LogP contribution in [0.25, 0.3) is 0 Å². The molecule has 0 atom stereocenters. The number of benzene rings is 1. The van der Waals surface area contributed by atoms with E-state index in [4.69, 9.17) is 23.2 Å². The van der Waals surface area contributed by atoms with Crippen molar-refractivity contribution in [3.63, 3.8) is 0 Å². The third kappa shape index (κ3) is 6.71. The maximum atomic E-state index is 11.5. The van der Waals surface area contributed by atoms with Gasteiger partial charge in [0.25, 0.3) is 0 Å². The molecule has 102 valence electrons. The number of rotatable bonds is 6. The van der Waals surface area contributed by atoms with Crippen molar-refractivity contribution in [2.45, 2.75) is 4.90 Å². The minimum atomic E-state index is -0.0127. The van der Waals surface area contributed by atoms with Gasteiger partial charge in [-0.1, -0.05) is 23.2 Å². The number of carbonyl (C=O) groups is 1. The second kappa shape index (κ2) is 9.75. The standard InChI is InChI=1S/C11H14Cl2N2OS.ClH/c1-14-4-5-15-11(16)7-17-10-6-8(12)2-3-9(10)13;/h2-3,6,14H,4-5,7H2,1H3,(H,15,16);1H. The molecule has 1 aromatic carbocycles. The van der Waals surface area contributed by atoms with Gasteiger partial charge in [-0.15, -0.1) is 24.2 Å². The molecular weight excluding hydrogens is 315 g/mol. The molecule has 0 saturated carbocycles. The topological polar surface area (TPSA) is 41.1 Å². The molecule has 3 nitrogen and oxygen atoms in total. The van der Waals surface area contributed by atoms with E-state index in [-0.39, 0.29) is 18.3 Å². The molecule has 0 saturated heterocycles. The van der Waals surface area contributed by atoms with E-state index >= 15 is 0 Å². The number of halogens is 3. The third-order valence-corrected chi connectivity index (χ3v) is 3.68. The Morgan fingerprint density at radius 1 is 1.33 bits per heavy atom. The van der Waals surface area contributed by atoms with Crippen molar-refractivity contribution in [3.8, 4) is 0 Å². The van der Waals surface area contributed by atoms with E-state index in [2.05, 4.69) is 10.6 Å². The van der Waals surface area contributed by atoms with Crippen molar-refractivity contribution in [3.05, 3.63) is 28.2 Å². The van der Waals surface area contributed by atoms with Gasteiger partial charge in [-0.05, 0) is 25.2 Å². The first-order valence-corrected chi connectivity index (χ1v) is 6.87. The first-order chi connectivity index (χ1) is 8.13. The van der Waals surface area contributed by atoms with Crippen LogP contribution in [0.3, 0.4) is 0 Å². The predicted molar refractivity (Wildman–Crippen MR) is 81.4 cm³/mol. The molecule has 0 unspecified atom stereocenters. The number of thioether (sulfide) groups is 1. The van der Waals surface area contributed by atoms with E-state index in [0.29, 0.717) is 22.3 Å². The van der Waals surface area contributed by atoms with Crippen LogP contribution in [0.4, 0.5) is 0 Å². The summed E-state index contributed by atoms with van der Waals surface area (Å²) in [5.41, 5.74) is 0. The quantitative estimate of drug-likeness (QED) is 0.623. The Labute approximate surface area is 127 Å². The minimum absolute atomic E-state index is 0. The Balaban J connectivity index is 0.00000289. The Morgan fingerprint density at radius 2 is 2.06 bits per heavy atom.